The highest BCUT2D eigenvalue weighted by Gasteiger charge is 2.36. The maximum atomic E-state index is 15.5. The van der Waals surface area contributed by atoms with Gasteiger partial charge in [0, 0.05) is 129 Å². The lowest BCUT2D eigenvalue weighted by Gasteiger charge is -2.34. The molecule has 1 saturated carbocycles. The molecule has 1 aliphatic carbocycles. The summed E-state index contributed by atoms with van der Waals surface area (Å²) in [4.78, 5) is 47.0. The van der Waals surface area contributed by atoms with Gasteiger partial charge in [-0.15, -0.1) is 0 Å². The Balaban J connectivity index is 0.000000162. The number of pyridine rings is 6. The fraction of sp³-hybridized carbons (Fsp3) is 0.371. The number of ether oxygens (including phenoxy) is 2. The van der Waals surface area contributed by atoms with Gasteiger partial charge in [0.25, 0.3) is 0 Å². The van der Waals surface area contributed by atoms with E-state index >= 15 is 8.78 Å². The van der Waals surface area contributed by atoms with Crippen molar-refractivity contribution >= 4 is 62.1 Å². The molecule has 15 nitrogen and oxygen atoms in total. The van der Waals surface area contributed by atoms with E-state index in [0.717, 1.165) is 130 Å². The number of morpholine rings is 2. The van der Waals surface area contributed by atoms with Gasteiger partial charge >= 0.3 is 0 Å². The number of hydrogen-bond acceptors (Lipinski definition) is 14. The van der Waals surface area contributed by atoms with Crippen LogP contribution in [-0.2, 0) is 14.3 Å². The minimum Gasteiger partial charge on any atom is -0.378 e. The van der Waals surface area contributed by atoms with Gasteiger partial charge in [-0.3, -0.25) is 14.8 Å². The fourth-order valence-electron chi connectivity index (χ4n) is 11.7. The quantitative estimate of drug-likeness (QED) is 0.105. The molecule has 5 aliphatic rings. The van der Waals surface area contributed by atoms with E-state index in [-0.39, 0.29) is 39.5 Å². The molecule has 1 amide bonds. The number of nitrogens with one attached hydrogen (secondary N) is 3. The van der Waals surface area contributed by atoms with Crippen LogP contribution in [0, 0.1) is 43.0 Å². The van der Waals surface area contributed by atoms with E-state index in [2.05, 4.69) is 51.8 Å². The molecule has 2 aromatic carbocycles. The van der Waals surface area contributed by atoms with E-state index in [1.165, 1.54) is 12.1 Å². The molecule has 0 radical (unpaired) electrons. The molecule has 0 atom stereocenters. The van der Waals surface area contributed by atoms with Crippen molar-refractivity contribution < 1.29 is 31.8 Å². The Hall–Kier alpha value is -7.87. The summed E-state index contributed by atoms with van der Waals surface area (Å²) >= 11 is 0. The Bertz CT molecular complexity index is 3590. The minimum atomic E-state index is -0.689. The van der Waals surface area contributed by atoms with E-state index in [4.69, 9.17) is 19.4 Å². The van der Waals surface area contributed by atoms with Gasteiger partial charge in [0.15, 0.2) is 0 Å². The van der Waals surface area contributed by atoms with Gasteiger partial charge < -0.3 is 40.1 Å². The molecule has 0 bridgehead atoms. The number of aromatic nitrogens is 6. The van der Waals surface area contributed by atoms with Gasteiger partial charge in [-0.05, 0) is 113 Å². The first-order chi connectivity index (χ1) is 39.5. The van der Waals surface area contributed by atoms with Crippen LogP contribution in [0.15, 0.2) is 97.6 Å². The summed E-state index contributed by atoms with van der Waals surface area (Å²) in [7, 11) is 0. The summed E-state index contributed by atoms with van der Waals surface area (Å²) in [5.74, 6) is -0.0685. The Labute approximate surface area is 467 Å². The highest BCUT2D eigenvalue weighted by molar-refractivity contribution is 6.00. The van der Waals surface area contributed by atoms with Crippen molar-refractivity contribution in [2.75, 3.05) is 99.2 Å². The molecule has 6 aromatic heterocycles. The molecule has 0 spiro atoms. The molecule has 4 saturated heterocycles. The third kappa shape index (κ3) is 11.6. The van der Waals surface area contributed by atoms with Crippen molar-refractivity contribution in [3.8, 4) is 22.8 Å². The monoisotopic (exact) mass is 1100 g/mol. The van der Waals surface area contributed by atoms with Crippen LogP contribution in [0.3, 0.4) is 0 Å². The summed E-state index contributed by atoms with van der Waals surface area (Å²) in [5, 5.41) is 11.1. The molecule has 10 heterocycles. The molecule has 19 heteroatoms. The molecule has 5 fully saturated rings. The van der Waals surface area contributed by atoms with Crippen LogP contribution in [0.1, 0.15) is 72.6 Å². The highest BCUT2D eigenvalue weighted by Crippen LogP contribution is 2.43. The summed E-state index contributed by atoms with van der Waals surface area (Å²) in [6, 6.07) is 19.5. The van der Waals surface area contributed by atoms with Crippen molar-refractivity contribution in [2.45, 2.75) is 64.2 Å². The first kappa shape index (κ1) is 53.8. The number of amides is 1. The highest BCUT2D eigenvalue weighted by atomic mass is 19.1. The number of carbonyl (C=O) groups excluding carboxylic acids is 1. The number of rotatable bonds is 11. The molecule has 81 heavy (non-hydrogen) atoms. The Morgan fingerprint density at radius 1 is 0.568 bits per heavy atom. The van der Waals surface area contributed by atoms with E-state index in [1.807, 2.05) is 73.6 Å². The standard InChI is InChI=1S/C33H34F2N6O2.C29H30F2N6O/c1-20-31(26-4-2-3-9-36-26)39-28-17-23(34)16-25(35)30(28)32(20)38-27-18-29(40-12-14-43-15-13-40)37-19-24(27)21-7-10-41(11-8-21)33(42)22-5-6-22;1-18-28(23-4-2-3-7-33-23)36-25-15-20(30)14-22(31)27(25)29(18)35-24-16-26(37-10-12-38-13-11-37)34-17-21(24)19-5-8-32-9-6-19/h2-4,9,16-19,21-22H,5-8,10-15H2,1H3,(H,37,38,39);2-4,7,14-17,19,32H,5-6,8-13H2,1H3,(H,34,35,36). The predicted molar refractivity (Wildman–Crippen MR) is 306 cm³/mol. The third-order valence-corrected chi connectivity index (χ3v) is 16.3. The smallest absolute Gasteiger partial charge is 0.225 e. The van der Waals surface area contributed by atoms with Crippen molar-refractivity contribution in [1.82, 2.24) is 40.1 Å². The van der Waals surface area contributed by atoms with Crippen molar-refractivity contribution in [1.29, 1.82) is 0 Å². The van der Waals surface area contributed by atoms with Crippen LogP contribution in [0.25, 0.3) is 44.6 Å². The number of nitrogens with zero attached hydrogens (tertiary/aromatic N) is 9. The second kappa shape index (κ2) is 23.7. The number of halogens is 4. The third-order valence-electron chi connectivity index (χ3n) is 16.3. The second-order valence-electron chi connectivity index (χ2n) is 21.5. The number of anilines is 6. The fourth-order valence-corrected chi connectivity index (χ4v) is 11.7. The van der Waals surface area contributed by atoms with E-state index in [1.54, 1.807) is 12.4 Å². The summed E-state index contributed by atoms with van der Waals surface area (Å²) in [5.41, 5.74) is 9.16. The van der Waals surface area contributed by atoms with Gasteiger partial charge in [-0.2, -0.15) is 0 Å². The molecule has 8 aromatic rings. The zero-order valence-corrected chi connectivity index (χ0v) is 45.5. The maximum Gasteiger partial charge on any atom is 0.225 e. The number of fused-ring (bicyclic) bond motifs is 2. The maximum absolute atomic E-state index is 15.5. The zero-order chi connectivity index (χ0) is 55.6. The van der Waals surface area contributed by atoms with Gasteiger partial charge in [0.05, 0.1) is 82.4 Å². The molecule has 418 valence electrons. The lowest BCUT2D eigenvalue weighted by molar-refractivity contribution is -0.133. The average Bonchev–Trinajstić information content (AvgIpc) is 4.50. The first-order valence-electron chi connectivity index (χ1n) is 28.1. The molecular formula is C62H64F4N12O3. The normalized spacial score (nSPS) is 17.3. The average molecular weight is 1100 g/mol. The van der Waals surface area contributed by atoms with Crippen LogP contribution >= 0.6 is 0 Å². The lowest BCUT2D eigenvalue weighted by atomic mass is 9.89. The van der Waals surface area contributed by atoms with Crippen molar-refractivity contribution in [2.24, 2.45) is 5.92 Å². The second-order valence-corrected chi connectivity index (χ2v) is 21.5. The molecular weight excluding hydrogens is 1040 g/mol. The van der Waals surface area contributed by atoms with Crippen LogP contribution in [0.4, 0.5) is 51.9 Å². The number of benzene rings is 2. The molecule has 0 unspecified atom stereocenters. The van der Waals surface area contributed by atoms with Crippen LogP contribution in [0.2, 0.25) is 0 Å². The number of hydrogen-bond donors (Lipinski definition) is 3. The zero-order valence-electron chi connectivity index (χ0n) is 45.5. The van der Waals surface area contributed by atoms with Gasteiger partial charge in [-0.25, -0.2) is 37.5 Å². The number of carbonyl (C=O) groups is 1. The Morgan fingerprint density at radius 3 is 1.46 bits per heavy atom. The summed E-state index contributed by atoms with van der Waals surface area (Å²) in [6.45, 7) is 12.6. The van der Waals surface area contributed by atoms with E-state index < -0.39 is 23.3 Å². The molecule has 3 N–H and O–H groups in total. The predicted octanol–water partition coefficient (Wildman–Crippen LogP) is 11.3. The van der Waals surface area contributed by atoms with Crippen LogP contribution in [-0.4, -0.2) is 119 Å². The van der Waals surface area contributed by atoms with Crippen molar-refractivity contribution in [3.05, 3.63) is 143 Å². The SMILES string of the molecule is Cc1c(-c2ccccn2)nc2cc(F)cc(F)c2c1Nc1cc(N2CCOCC2)ncc1C1CCN(C(=O)C2CC2)CC1.Cc1c(-c2ccccn2)nc2cc(F)cc(F)c2c1Nc1cc(N2CCOCC2)ncc1C1CCNCC1. The number of likely N-dealkylation sites (tertiary alicyclic amines) is 1. The van der Waals surface area contributed by atoms with Gasteiger partial charge in [-0.1, -0.05) is 12.1 Å². The largest absolute Gasteiger partial charge is 0.378 e. The van der Waals surface area contributed by atoms with Crippen LogP contribution in [0.5, 0.6) is 0 Å². The Kier molecular flexibility index (Phi) is 15.7. The van der Waals surface area contributed by atoms with E-state index in [0.29, 0.717) is 85.1 Å². The minimum absolute atomic E-state index is 0.169. The number of piperidine rings is 2. The Morgan fingerprint density at radius 2 is 1.02 bits per heavy atom. The topological polar surface area (TPSA) is 159 Å². The lowest BCUT2D eigenvalue weighted by Crippen LogP contribution is -2.39. The summed E-state index contributed by atoms with van der Waals surface area (Å²) < 4.78 is 70.7. The van der Waals surface area contributed by atoms with Gasteiger partial charge in [0.1, 0.15) is 34.9 Å². The van der Waals surface area contributed by atoms with E-state index in [9.17, 15) is 13.6 Å². The first-order valence-corrected chi connectivity index (χ1v) is 28.1. The molecule has 4 aliphatic heterocycles. The molecule has 13 rings (SSSR count). The summed E-state index contributed by atoms with van der Waals surface area (Å²) in [6.07, 6.45) is 12.9. The van der Waals surface area contributed by atoms with Gasteiger partial charge in [0.2, 0.25) is 5.91 Å². The van der Waals surface area contributed by atoms with Crippen molar-refractivity contribution in [3.63, 3.8) is 0 Å². The van der Waals surface area contributed by atoms with Crippen LogP contribution < -0.4 is 25.8 Å².